The number of carbonyl (C=O) groups excluding carboxylic acids is 3. The molecule has 4 rings (SSSR count). The fraction of sp³-hybridized carbons (Fsp3) is 0.500. The molecule has 7 nitrogen and oxygen atoms in total. The molecular formula is C22H24F3N3O4. The number of nitrogens with zero attached hydrogens (tertiary/aromatic N) is 2. The number of allylic oxidation sites excluding steroid dienone is 2. The maximum Gasteiger partial charge on any atom is 0.416 e. The number of nitrogens with one attached hydrogen (secondary N) is 1. The van der Waals surface area contributed by atoms with Crippen molar-refractivity contribution in [3.8, 4) is 0 Å². The van der Waals surface area contributed by atoms with Gasteiger partial charge in [0.05, 0.1) is 42.0 Å². The largest absolute Gasteiger partial charge is 0.416 e. The summed E-state index contributed by atoms with van der Waals surface area (Å²) in [6.45, 7) is 3.17. The normalized spacial score (nSPS) is 24.5. The zero-order valence-corrected chi connectivity index (χ0v) is 17.5. The molecule has 3 aliphatic rings. The predicted molar refractivity (Wildman–Crippen MR) is 110 cm³/mol. The Kier molecular flexibility index (Phi) is 5.98. The number of hydrogen-bond donors (Lipinski definition) is 1. The summed E-state index contributed by atoms with van der Waals surface area (Å²) in [6, 6.07) is 2.02. The predicted octanol–water partition coefficient (Wildman–Crippen LogP) is 2.82. The molecule has 2 fully saturated rings. The van der Waals surface area contributed by atoms with Gasteiger partial charge in [0.15, 0.2) is 0 Å². The van der Waals surface area contributed by atoms with Crippen LogP contribution in [0.5, 0.6) is 0 Å². The topological polar surface area (TPSA) is 79.0 Å². The van der Waals surface area contributed by atoms with E-state index in [0.717, 1.165) is 17.0 Å². The van der Waals surface area contributed by atoms with E-state index in [1.54, 1.807) is 0 Å². The maximum atomic E-state index is 13.3. The Morgan fingerprint density at radius 3 is 2.25 bits per heavy atom. The van der Waals surface area contributed by atoms with Crippen LogP contribution >= 0.6 is 0 Å². The Morgan fingerprint density at radius 1 is 1.09 bits per heavy atom. The lowest BCUT2D eigenvalue weighted by atomic mass is 9.85. The molecule has 0 radical (unpaired) electrons. The summed E-state index contributed by atoms with van der Waals surface area (Å²) in [4.78, 5) is 41.3. The SMILES string of the molecule is C[C@@H](C(=O)Nc1cc(C(F)(F)F)ccc1N1CCOCC1)N1C(=O)[C@H]2CC=CC[C@H]2C1=O. The minimum absolute atomic E-state index is 0.0169. The minimum Gasteiger partial charge on any atom is -0.378 e. The number of carbonyl (C=O) groups is 3. The van der Waals surface area contributed by atoms with Gasteiger partial charge < -0.3 is 15.0 Å². The fourth-order valence-corrected chi connectivity index (χ4v) is 4.45. The molecular weight excluding hydrogens is 427 g/mol. The lowest BCUT2D eigenvalue weighted by Crippen LogP contribution is -2.46. The van der Waals surface area contributed by atoms with Crippen molar-refractivity contribution < 1.29 is 32.3 Å². The van der Waals surface area contributed by atoms with Gasteiger partial charge in [-0.05, 0) is 38.0 Å². The van der Waals surface area contributed by atoms with Crippen molar-refractivity contribution in [2.75, 3.05) is 36.5 Å². The van der Waals surface area contributed by atoms with Crippen LogP contribution in [-0.2, 0) is 25.3 Å². The average Bonchev–Trinajstić information content (AvgIpc) is 3.03. The highest BCUT2D eigenvalue weighted by Gasteiger charge is 2.50. The number of morpholine rings is 1. The molecule has 172 valence electrons. The van der Waals surface area contributed by atoms with Crippen LogP contribution in [0.15, 0.2) is 30.4 Å². The molecule has 1 aliphatic carbocycles. The molecule has 0 saturated carbocycles. The molecule has 0 spiro atoms. The fourth-order valence-electron chi connectivity index (χ4n) is 4.45. The highest BCUT2D eigenvalue weighted by molar-refractivity contribution is 6.10. The number of likely N-dealkylation sites (tertiary alicyclic amines) is 1. The maximum absolute atomic E-state index is 13.3. The average molecular weight is 451 g/mol. The van der Waals surface area contributed by atoms with Gasteiger partial charge in [-0.3, -0.25) is 19.3 Å². The number of amides is 3. The van der Waals surface area contributed by atoms with Crippen molar-refractivity contribution in [2.24, 2.45) is 11.8 Å². The van der Waals surface area contributed by atoms with E-state index < -0.39 is 47.3 Å². The van der Waals surface area contributed by atoms with Crippen molar-refractivity contribution in [1.29, 1.82) is 0 Å². The summed E-state index contributed by atoms with van der Waals surface area (Å²) in [6.07, 6.45) is -0.0162. The van der Waals surface area contributed by atoms with Gasteiger partial charge in [0.1, 0.15) is 6.04 Å². The van der Waals surface area contributed by atoms with E-state index in [1.165, 1.54) is 13.0 Å². The summed E-state index contributed by atoms with van der Waals surface area (Å²) in [5, 5.41) is 2.54. The summed E-state index contributed by atoms with van der Waals surface area (Å²) in [5.74, 6) is -2.51. The van der Waals surface area contributed by atoms with Crippen molar-refractivity contribution >= 4 is 29.1 Å². The van der Waals surface area contributed by atoms with E-state index in [9.17, 15) is 27.6 Å². The quantitative estimate of drug-likeness (QED) is 0.563. The molecule has 1 aromatic carbocycles. The number of halogens is 3. The standard InChI is InChI=1S/C22H24F3N3O4/c1-13(28-20(30)15-4-2-3-5-16(15)21(28)31)19(29)26-17-12-14(22(23,24)25)6-7-18(17)27-8-10-32-11-9-27/h2-3,6-7,12-13,15-16H,4-5,8-11H2,1H3,(H,26,29)/t13-,15-,16+/m0/s1. The highest BCUT2D eigenvalue weighted by Crippen LogP contribution is 2.38. The molecule has 1 aromatic rings. The number of rotatable bonds is 4. The third-order valence-electron chi connectivity index (χ3n) is 6.24. The van der Waals surface area contributed by atoms with E-state index in [-0.39, 0.29) is 5.69 Å². The van der Waals surface area contributed by atoms with Gasteiger partial charge in [0, 0.05) is 13.1 Å². The van der Waals surface area contributed by atoms with Gasteiger partial charge in [-0.1, -0.05) is 12.2 Å². The van der Waals surface area contributed by atoms with Crippen LogP contribution in [0, 0.1) is 11.8 Å². The Morgan fingerprint density at radius 2 is 1.69 bits per heavy atom. The summed E-state index contributed by atoms with van der Waals surface area (Å²) >= 11 is 0. The molecule has 0 aromatic heterocycles. The van der Waals surface area contributed by atoms with E-state index in [1.807, 2.05) is 17.1 Å². The first-order valence-corrected chi connectivity index (χ1v) is 10.5. The number of ether oxygens (including phenoxy) is 1. The number of hydrogen-bond acceptors (Lipinski definition) is 5. The van der Waals surface area contributed by atoms with E-state index in [2.05, 4.69) is 5.32 Å². The molecule has 3 amide bonds. The first-order valence-electron chi connectivity index (χ1n) is 10.5. The molecule has 3 atom stereocenters. The van der Waals surface area contributed by atoms with Crippen LogP contribution in [0.2, 0.25) is 0 Å². The molecule has 2 aliphatic heterocycles. The molecule has 32 heavy (non-hydrogen) atoms. The smallest absolute Gasteiger partial charge is 0.378 e. The second kappa shape index (κ2) is 8.57. The molecule has 2 heterocycles. The first kappa shape index (κ1) is 22.3. The van der Waals surface area contributed by atoms with E-state index in [0.29, 0.717) is 44.8 Å². The van der Waals surface area contributed by atoms with E-state index >= 15 is 0 Å². The van der Waals surface area contributed by atoms with Gasteiger partial charge in [0.25, 0.3) is 0 Å². The minimum atomic E-state index is -4.59. The summed E-state index contributed by atoms with van der Waals surface area (Å²) < 4.78 is 45.2. The second-order valence-electron chi connectivity index (χ2n) is 8.20. The summed E-state index contributed by atoms with van der Waals surface area (Å²) in [7, 11) is 0. The molecule has 0 unspecified atom stereocenters. The van der Waals surface area contributed by atoms with Gasteiger partial charge in [-0.2, -0.15) is 13.2 Å². The van der Waals surface area contributed by atoms with Crippen LogP contribution in [0.3, 0.4) is 0 Å². The monoisotopic (exact) mass is 451 g/mol. The number of benzene rings is 1. The van der Waals surface area contributed by atoms with Crippen LogP contribution in [0.25, 0.3) is 0 Å². The summed E-state index contributed by atoms with van der Waals surface area (Å²) in [5.41, 5.74) is -0.488. The zero-order chi connectivity index (χ0) is 23.0. The second-order valence-corrected chi connectivity index (χ2v) is 8.20. The Bertz CT molecular complexity index is 930. The third kappa shape index (κ3) is 4.11. The van der Waals surface area contributed by atoms with Crippen molar-refractivity contribution in [3.63, 3.8) is 0 Å². The van der Waals surface area contributed by atoms with Crippen LogP contribution < -0.4 is 10.2 Å². The van der Waals surface area contributed by atoms with Crippen LogP contribution in [0.1, 0.15) is 25.3 Å². The van der Waals surface area contributed by atoms with Gasteiger partial charge in [-0.15, -0.1) is 0 Å². The Labute approximate surface area is 183 Å². The molecule has 1 N–H and O–H groups in total. The van der Waals surface area contributed by atoms with Crippen LogP contribution in [0.4, 0.5) is 24.5 Å². The number of fused-ring (bicyclic) bond motifs is 1. The van der Waals surface area contributed by atoms with Crippen molar-refractivity contribution in [1.82, 2.24) is 4.90 Å². The zero-order valence-electron chi connectivity index (χ0n) is 17.5. The molecule has 10 heteroatoms. The van der Waals surface area contributed by atoms with Gasteiger partial charge in [-0.25, -0.2) is 0 Å². The van der Waals surface area contributed by atoms with Gasteiger partial charge in [0.2, 0.25) is 17.7 Å². The number of imide groups is 1. The van der Waals surface area contributed by atoms with Gasteiger partial charge >= 0.3 is 6.18 Å². The first-order chi connectivity index (χ1) is 15.2. The Hall–Kier alpha value is -2.88. The lowest BCUT2D eigenvalue weighted by molar-refractivity contribution is -0.146. The highest BCUT2D eigenvalue weighted by atomic mass is 19.4. The van der Waals surface area contributed by atoms with Crippen molar-refractivity contribution in [2.45, 2.75) is 32.0 Å². The number of alkyl halides is 3. The Balaban J connectivity index is 1.58. The number of anilines is 2. The van der Waals surface area contributed by atoms with Crippen LogP contribution in [-0.4, -0.2) is 55.0 Å². The van der Waals surface area contributed by atoms with Crippen molar-refractivity contribution in [3.05, 3.63) is 35.9 Å². The molecule has 2 saturated heterocycles. The van der Waals surface area contributed by atoms with E-state index in [4.69, 9.17) is 4.74 Å². The molecule has 0 bridgehead atoms. The lowest BCUT2D eigenvalue weighted by Gasteiger charge is -2.31. The third-order valence-corrected chi connectivity index (χ3v) is 6.24.